The standard InChI is InChI=1S/C32H29ClN2O5.ClH/c33-24-8-4-7-22(15-24)30(36)19-34-25-11-9-20-10-12-26(17-23(20)16-25)40-27-13-14-29(28(18-27)32(38)39)35-31(37)21-5-2-1-3-6-21;/h1-8,10,12-15,17-18,25,30,34,36H,9,11,16,19H2,(H,35,37)(H,38,39);1H/t25-,30+;/m0./s1. The third-order valence-corrected chi connectivity index (χ3v) is 7.22. The first-order valence-electron chi connectivity index (χ1n) is 13.1. The molecule has 0 fully saturated rings. The predicted molar refractivity (Wildman–Crippen MR) is 162 cm³/mol. The number of benzene rings is 4. The van der Waals surface area contributed by atoms with Gasteiger partial charge in [-0.1, -0.05) is 48.0 Å². The van der Waals surface area contributed by atoms with Gasteiger partial charge in [0.05, 0.1) is 17.4 Å². The summed E-state index contributed by atoms with van der Waals surface area (Å²) in [5, 5.41) is 27.1. The van der Waals surface area contributed by atoms with E-state index in [0.717, 1.165) is 30.4 Å². The van der Waals surface area contributed by atoms with Gasteiger partial charge in [0.2, 0.25) is 0 Å². The first-order valence-corrected chi connectivity index (χ1v) is 13.4. The van der Waals surface area contributed by atoms with Gasteiger partial charge in [-0.2, -0.15) is 0 Å². The molecule has 41 heavy (non-hydrogen) atoms. The van der Waals surface area contributed by atoms with E-state index in [1.807, 2.05) is 30.3 Å². The Morgan fingerprint density at radius 3 is 2.44 bits per heavy atom. The number of carboxylic acid groups (broad SMARTS) is 1. The smallest absolute Gasteiger partial charge is 0.337 e. The van der Waals surface area contributed by atoms with E-state index in [9.17, 15) is 19.8 Å². The summed E-state index contributed by atoms with van der Waals surface area (Å²) < 4.78 is 6.03. The van der Waals surface area contributed by atoms with Crippen LogP contribution in [0.3, 0.4) is 0 Å². The largest absolute Gasteiger partial charge is 0.478 e. The van der Waals surface area contributed by atoms with Crippen LogP contribution in [0.1, 0.15) is 49.9 Å². The van der Waals surface area contributed by atoms with Crippen LogP contribution in [-0.4, -0.2) is 34.7 Å². The summed E-state index contributed by atoms with van der Waals surface area (Å²) in [5.41, 5.74) is 3.71. The molecule has 0 radical (unpaired) electrons. The SMILES string of the molecule is Cl.O=C(Nc1ccc(Oc2ccc3c(c2)C[C@@H](NC[C@@H](O)c2cccc(Cl)c2)CC3)cc1C(=O)O)c1ccccc1. The summed E-state index contributed by atoms with van der Waals surface area (Å²) in [6.07, 6.45) is 1.98. The van der Waals surface area contributed by atoms with Gasteiger partial charge in [-0.05, 0) is 90.6 Å². The fourth-order valence-electron chi connectivity index (χ4n) is 4.87. The summed E-state index contributed by atoms with van der Waals surface area (Å²) in [4.78, 5) is 24.5. The minimum Gasteiger partial charge on any atom is -0.478 e. The fourth-order valence-corrected chi connectivity index (χ4v) is 5.07. The van der Waals surface area contributed by atoms with Crippen molar-refractivity contribution in [1.29, 1.82) is 0 Å². The second kappa shape index (κ2) is 13.7. The number of hydrogen-bond donors (Lipinski definition) is 4. The minimum atomic E-state index is -1.17. The van der Waals surface area contributed by atoms with E-state index in [0.29, 0.717) is 28.6 Å². The Kier molecular flexibility index (Phi) is 10.0. The third-order valence-electron chi connectivity index (χ3n) is 6.98. The lowest BCUT2D eigenvalue weighted by Crippen LogP contribution is -2.37. The van der Waals surface area contributed by atoms with Gasteiger partial charge >= 0.3 is 5.97 Å². The van der Waals surface area contributed by atoms with Gasteiger partial charge in [-0.15, -0.1) is 12.4 Å². The number of carbonyl (C=O) groups excluding carboxylic acids is 1. The lowest BCUT2D eigenvalue weighted by molar-refractivity contribution is 0.0697. The number of fused-ring (bicyclic) bond motifs is 1. The van der Waals surface area contributed by atoms with E-state index in [1.165, 1.54) is 17.7 Å². The molecular weight excluding hydrogens is 563 g/mol. The molecule has 0 bridgehead atoms. The normalized spacial score (nSPS) is 14.7. The van der Waals surface area contributed by atoms with E-state index < -0.39 is 18.0 Å². The Balaban J connectivity index is 0.00000387. The lowest BCUT2D eigenvalue weighted by atomic mass is 9.88. The number of halogens is 2. The number of carbonyl (C=O) groups is 2. The Hall–Kier alpha value is -3.88. The Morgan fingerprint density at radius 2 is 1.68 bits per heavy atom. The van der Waals surface area contributed by atoms with Crippen LogP contribution in [0.2, 0.25) is 5.02 Å². The van der Waals surface area contributed by atoms with Crippen molar-refractivity contribution in [3.05, 3.63) is 124 Å². The van der Waals surface area contributed by atoms with Gasteiger partial charge < -0.3 is 25.6 Å². The average Bonchev–Trinajstić information content (AvgIpc) is 2.96. The Labute approximate surface area is 249 Å². The molecule has 4 aromatic rings. The van der Waals surface area contributed by atoms with Gasteiger partial charge in [-0.25, -0.2) is 4.79 Å². The van der Waals surface area contributed by atoms with Gasteiger partial charge in [0.25, 0.3) is 5.91 Å². The summed E-state index contributed by atoms with van der Waals surface area (Å²) in [7, 11) is 0. The van der Waals surface area contributed by atoms with E-state index in [2.05, 4.69) is 10.6 Å². The van der Waals surface area contributed by atoms with Crippen molar-refractivity contribution in [1.82, 2.24) is 5.32 Å². The van der Waals surface area contributed by atoms with Crippen LogP contribution in [0.25, 0.3) is 0 Å². The molecule has 7 nitrogen and oxygen atoms in total. The molecule has 0 unspecified atom stereocenters. The van der Waals surface area contributed by atoms with Gasteiger partial charge in [0.15, 0.2) is 0 Å². The zero-order valence-corrected chi connectivity index (χ0v) is 23.6. The molecule has 0 aliphatic heterocycles. The van der Waals surface area contributed by atoms with Crippen LogP contribution < -0.4 is 15.4 Å². The molecule has 4 N–H and O–H groups in total. The van der Waals surface area contributed by atoms with Crippen molar-refractivity contribution < 1.29 is 24.5 Å². The predicted octanol–water partition coefficient (Wildman–Crippen LogP) is 6.69. The summed E-state index contributed by atoms with van der Waals surface area (Å²) in [5.74, 6) is -0.621. The van der Waals surface area contributed by atoms with Gasteiger partial charge in [0.1, 0.15) is 11.5 Å². The zero-order chi connectivity index (χ0) is 28.1. The molecule has 1 aliphatic rings. The second-order valence-corrected chi connectivity index (χ2v) is 10.2. The van der Waals surface area contributed by atoms with Crippen molar-refractivity contribution in [2.75, 3.05) is 11.9 Å². The second-order valence-electron chi connectivity index (χ2n) is 9.78. The maximum absolute atomic E-state index is 12.5. The topological polar surface area (TPSA) is 108 Å². The van der Waals surface area contributed by atoms with E-state index >= 15 is 0 Å². The van der Waals surface area contributed by atoms with E-state index in [1.54, 1.807) is 48.5 Å². The zero-order valence-electron chi connectivity index (χ0n) is 22.0. The molecule has 0 saturated carbocycles. The Morgan fingerprint density at radius 1 is 0.927 bits per heavy atom. The highest BCUT2D eigenvalue weighted by Gasteiger charge is 2.21. The summed E-state index contributed by atoms with van der Waals surface area (Å²) >= 11 is 6.05. The van der Waals surface area contributed by atoms with Crippen molar-refractivity contribution in [3.63, 3.8) is 0 Å². The molecule has 2 atom stereocenters. The van der Waals surface area contributed by atoms with Crippen LogP contribution >= 0.6 is 24.0 Å². The number of aliphatic hydroxyl groups is 1. The van der Waals surface area contributed by atoms with Crippen molar-refractivity contribution in [2.45, 2.75) is 31.4 Å². The molecule has 1 aliphatic carbocycles. The Bertz CT molecular complexity index is 1530. The van der Waals surface area contributed by atoms with Crippen LogP contribution in [0.5, 0.6) is 11.5 Å². The van der Waals surface area contributed by atoms with Crippen LogP contribution in [0, 0.1) is 0 Å². The quantitative estimate of drug-likeness (QED) is 0.172. The molecule has 0 spiro atoms. The molecule has 0 saturated heterocycles. The lowest BCUT2D eigenvalue weighted by Gasteiger charge is -2.27. The number of nitrogens with one attached hydrogen (secondary N) is 2. The number of aromatic carboxylic acids is 1. The number of amides is 1. The highest BCUT2D eigenvalue weighted by atomic mass is 35.5. The number of aliphatic hydroxyl groups excluding tert-OH is 1. The first-order chi connectivity index (χ1) is 19.4. The van der Waals surface area contributed by atoms with Crippen LogP contribution in [0.4, 0.5) is 5.69 Å². The monoisotopic (exact) mass is 592 g/mol. The van der Waals surface area contributed by atoms with Crippen LogP contribution in [-0.2, 0) is 12.8 Å². The van der Waals surface area contributed by atoms with E-state index in [4.69, 9.17) is 16.3 Å². The van der Waals surface area contributed by atoms with Gasteiger partial charge in [-0.3, -0.25) is 4.79 Å². The van der Waals surface area contributed by atoms with Crippen molar-refractivity contribution in [2.24, 2.45) is 0 Å². The third kappa shape index (κ3) is 7.65. The average molecular weight is 594 g/mol. The molecular formula is C32H30Cl2N2O5. The highest BCUT2D eigenvalue weighted by Crippen LogP contribution is 2.31. The molecule has 1 amide bonds. The molecule has 0 heterocycles. The number of ether oxygens (including phenoxy) is 1. The summed E-state index contributed by atoms with van der Waals surface area (Å²) in [6, 6.07) is 26.5. The highest BCUT2D eigenvalue weighted by molar-refractivity contribution is 6.30. The number of aryl methyl sites for hydroxylation is 1. The number of anilines is 1. The van der Waals surface area contributed by atoms with Crippen LogP contribution in [0.15, 0.2) is 91.0 Å². The number of carboxylic acids is 1. The van der Waals surface area contributed by atoms with Gasteiger partial charge in [0, 0.05) is 23.2 Å². The molecule has 9 heteroatoms. The number of hydrogen-bond acceptors (Lipinski definition) is 5. The first kappa shape index (κ1) is 30.1. The molecule has 4 aromatic carbocycles. The van der Waals surface area contributed by atoms with Crippen molar-refractivity contribution >= 4 is 41.6 Å². The number of rotatable bonds is 9. The molecule has 212 valence electrons. The maximum atomic E-state index is 12.5. The van der Waals surface area contributed by atoms with E-state index in [-0.39, 0.29) is 29.7 Å². The summed E-state index contributed by atoms with van der Waals surface area (Å²) in [6.45, 7) is 0.418. The fraction of sp³-hybridized carbons (Fsp3) is 0.188. The van der Waals surface area contributed by atoms with Crippen molar-refractivity contribution in [3.8, 4) is 11.5 Å². The molecule has 0 aromatic heterocycles. The maximum Gasteiger partial charge on any atom is 0.337 e. The minimum absolute atomic E-state index is 0. The molecule has 5 rings (SSSR count).